The number of ether oxygens (including phenoxy) is 4. The van der Waals surface area contributed by atoms with E-state index >= 15 is 0 Å². The summed E-state index contributed by atoms with van der Waals surface area (Å²) in [6, 6.07) is 17.7. The minimum Gasteiger partial charge on any atom is -0.497 e. The van der Waals surface area contributed by atoms with Gasteiger partial charge >= 0.3 is 0 Å². The van der Waals surface area contributed by atoms with Crippen LogP contribution in [0.4, 0.5) is 0 Å². The summed E-state index contributed by atoms with van der Waals surface area (Å²) < 4.78 is 23.3. The van der Waals surface area contributed by atoms with E-state index in [4.69, 9.17) is 36.0 Å². The number of hydrogen-bond acceptors (Lipinski definition) is 8. The predicted octanol–water partition coefficient (Wildman–Crippen LogP) is 4.47. The Labute approximate surface area is 195 Å². The van der Waals surface area contributed by atoms with E-state index in [1.807, 2.05) is 12.1 Å². The van der Waals surface area contributed by atoms with Gasteiger partial charge in [0.1, 0.15) is 17.6 Å². The van der Waals surface area contributed by atoms with Gasteiger partial charge in [-0.1, -0.05) is 30.7 Å². The summed E-state index contributed by atoms with van der Waals surface area (Å²) in [5.74, 6) is -2.29. The number of nitrogens with one attached hydrogen (secondary N) is 1. The normalized spacial score (nSPS) is 29.2. The van der Waals surface area contributed by atoms with E-state index in [0.29, 0.717) is 27.6 Å². The van der Waals surface area contributed by atoms with Crippen molar-refractivity contribution in [2.24, 2.45) is 16.7 Å². The Morgan fingerprint density at radius 2 is 1.76 bits per heavy atom. The Bertz CT molecular complexity index is 1260. The maximum absolute atomic E-state index is 10.4. The molecule has 0 aliphatic carbocycles. The molecule has 0 aromatic heterocycles. The highest BCUT2D eigenvalue weighted by Gasteiger charge is 2.80. The summed E-state index contributed by atoms with van der Waals surface area (Å²) in [7, 11) is 2.92. The van der Waals surface area contributed by atoms with E-state index in [9.17, 15) is 15.8 Å². The van der Waals surface area contributed by atoms with Gasteiger partial charge in [-0.15, -0.1) is 0 Å². The third-order valence-corrected chi connectivity index (χ3v) is 6.85. The lowest BCUT2D eigenvalue weighted by Gasteiger charge is -2.49. The van der Waals surface area contributed by atoms with Gasteiger partial charge in [0.25, 0.3) is 0 Å². The van der Waals surface area contributed by atoms with Crippen LogP contribution in [-0.2, 0) is 15.3 Å². The second-order valence-electron chi connectivity index (χ2n) is 7.89. The molecule has 1 N–H and O–H groups in total. The van der Waals surface area contributed by atoms with Crippen LogP contribution in [0.25, 0.3) is 0 Å². The number of benzene rings is 2. The summed E-state index contributed by atoms with van der Waals surface area (Å²) >= 11 is 6.23. The first-order valence-corrected chi connectivity index (χ1v) is 10.4. The average Bonchev–Trinajstić information content (AvgIpc) is 3.00. The first-order valence-electron chi connectivity index (χ1n) is 9.97. The van der Waals surface area contributed by atoms with Crippen LogP contribution in [0.15, 0.2) is 42.5 Å². The summed E-state index contributed by atoms with van der Waals surface area (Å²) in [6.45, 7) is 1.63. The van der Waals surface area contributed by atoms with E-state index in [1.165, 1.54) is 14.2 Å². The first kappa shape index (κ1) is 22.4. The van der Waals surface area contributed by atoms with Crippen molar-refractivity contribution in [3.05, 3.63) is 58.6 Å². The Kier molecular flexibility index (Phi) is 5.21. The molecule has 0 radical (unpaired) electrons. The molecule has 2 fully saturated rings. The molecule has 2 heterocycles. The van der Waals surface area contributed by atoms with Gasteiger partial charge in [-0.25, -0.2) is 0 Å². The van der Waals surface area contributed by atoms with Gasteiger partial charge in [0.2, 0.25) is 17.1 Å². The molecule has 2 aromatic carbocycles. The zero-order valence-corrected chi connectivity index (χ0v) is 18.8. The molecule has 2 bridgehead atoms. The lowest BCUT2D eigenvalue weighted by atomic mass is 9.53. The third-order valence-electron chi connectivity index (χ3n) is 6.62. The maximum Gasteiger partial charge on any atom is 0.244 e. The predicted molar refractivity (Wildman–Crippen MR) is 116 cm³/mol. The number of fused-ring (bicyclic) bond motifs is 2. The fourth-order valence-electron chi connectivity index (χ4n) is 4.90. The molecule has 166 valence electrons. The van der Waals surface area contributed by atoms with Gasteiger partial charge in [0.05, 0.1) is 38.3 Å². The monoisotopic (exact) mass is 462 g/mol. The lowest BCUT2D eigenvalue weighted by Crippen LogP contribution is -2.57. The third kappa shape index (κ3) is 2.67. The quantitative estimate of drug-likeness (QED) is 0.708. The van der Waals surface area contributed by atoms with Crippen LogP contribution in [0.1, 0.15) is 24.2 Å². The molecule has 2 aromatic rings. The van der Waals surface area contributed by atoms with Gasteiger partial charge < -0.3 is 18.9 Å². The Balaban J connectivity index is 2.08. The first-order chi connectivity index (χ1) is 15.8. The molecule has 9 heteroatoms. The minimum absolute atomic E-state index is 0.316. The smallest absolute Gasteiger partial charge is 0.244 e. The van der Waals surface area contributed by atoms with Crippen molar-refractivity contribution in [3.8, 4) is 29.7 Å². The molecule has 2 saturated heterocycles. The van der Waals surface area contributed by atoms with Crippen molar-refractivity contribution in [1.82, 2.24) is 0 Å². The van der Waals surface area contributed by atoms with E-state index in [0.717, 1.165) is 0 Å². The average molecular weight is 463 g/mol. The highest BCUT2D eigenvalue weighted by molar-refractivity contribution is 6.30. The Hall–Kier alpha value is -3.77. The van der Waals surface area contributed by atoms with Gasteiger partial charge in [-0.2, -0.15) is 15.8 Å². The maximum atomic E-state index is 10.4. The zero-order valence-electron chi connectivity index (χ0n) is 18.0. The lowest BCUT2D eigenvalue weighted by molar-refractivity contribution is -0.288. The minimum atomic E-state index is -2.13. The number of nitrogens with zero attached hydrogens (tertiary/aromatic N) is 3. The van der Waals surface area contributed by atoms with Gasteiger partial charge in [0.15, 0.2) is 5.41 Å². The molecule has 2 aliphatic rings. The standard InChI is InChI=1S/C24H19ClN4O4/c1-14-23(13-28)21(29)33-24(14,15-5-4-6-16(25)9-15)32-20(22(23,11-26)12-27)18-10-17(30-2)7-8-19(18)31-3/h4-10,14,20,29H,1-3H3. The highest BCUT2D eigenvalue weighted by atomic mass is 35.5. The van der Waals surface area contributed by atoms with Crippen molar-refractivity contribution in [2.45, 2.75) is 18.8 Å². The van der Waals surface area contributed by atoms with Crippen molar-refractivity contribution in [1.29, 1.82) is 21.2 Å². The molecule has 8 nitrogen and oxygen atoms in total. The number of methoxy groups -OCH3 is 2. The number of hydrogen-bond donors (Lipinski definition) is 1. The summed E-state index contributed by atoms with van der Waals surface area (Å²) in [5.41, 5.74) is -3.29. The van der Waals surface area contributed by atoms with Crippen LogP contribution in [-0.4, -0.2) is 20.1 Å². The number of nitriles is 3. The zero-order chi connectivity index (χ0) is 24.0. The Morgan fingerprint density at radius 1 is 1.03 bits per heavy atom. The van der Waals surface area contributed by atoms with Crippen LogP contribution < -0.4 is 9.47 Å². The fraction of sp³-hybridized carbons (Fsp3) is 0.333. The molecular formula is C24H19ClN4O4. The molecule has 2 aliphatic heterocycles. The van der Waals surface area contributed by atoms with Gasteiger partial charge in [-0.3, -0.25) is 5.41 Å². The highest BCUT2D eigenvalue weighted by Crippen LogP contribution is 2.69. The number of halogens is 1. The van der Waals surface area contributed by atoms with E-state index in [1.54, 1.807) is 49.4 Å². The van der Waals surface area contributed by atoms with Crippen LogP contribution in [0.3, 0.4) is 0 Å². The van der Waals surface area contributed by atoms with E-state index in [-0.39, 0.29) is 0 Å². The molecule has 4 unspecified atom stereocenters. The van der Waals surface area contributed by atoms with Crippen molar-refractivity contribution >= 4 is 17.5 Å². The summed E-state index contributed by atoms with van der Waals surface area (Å²) in [4.78, 5) is 0. The van der Waals surface area contributed by atoms with Crippen molar-refractivity contribution in [2.75, 3.05) is 14.2 Å². The van der Waals surface area contributed by atoms with Gasteiger partial charge in [0, 0.05) is 16.1 Å². The van der Waals surface area contributed by atoms with E-state index < -0.39 is 34.5 Å². The SMILES string of the molecule is COc1ccc(OC)c(C2OC3(c4cccc(Cl)c4)OC(=N)C(C#N)(C3C)C2(C#N)C#N)c1. The second kappa shape index (κ2) is 7.67. The van der Waals surface area contributed by atoms with Crippen LogP contribution in [0.5, 0.6) is 11.5 Å². The van der Waals surface area contributed by atoms with E-state index in [2.05, 4.69) is 6.07 Å². The molecule has 0 spiro atoms. The van der Waals surface area contributed by atoms with Crippen LogP contribution in [0, 0.1) is 56.2 Å². The molecular weight excluding hydrogens is 444 g/mol. The van der Waals surface area contributed by atoms with Gasteiger partial charge in [-0.05, 0) is 30.3 Å². The topological polar surface area (TPSA) is 132 Å². The van der Waals surface area contributed by atoms with Crippen molar-refractivity contribution in [3.63, 3.8) is 0 Å². The number of rotatable bonds is 4. The van der Waals surface area contributed by atoms with Crippen LogP contribution in [0.2, 0.25) is 5.02 Å². The summed E-state index contributed by atoms with van der Waals surface area (Å²) in [6.07, 6.45) is -1.32. The fourth-order valence-corrected chi connectivity index (χ4v) is 5.09. The van der Waals surface area contributed by atoms with Crippen molar-refractivity contribution < 1.29 is 18.9 Å². The molecule has 33 heavy (non-hydrogen) atoms. The molecule has 0 saturated carbocycles. The van der Waals surface area contributed by atoms with Crippen LogP contribution >= 0.6 is 11.6 Å². The second-order valence-corrected chi connectivity index (χ2v) is 8.32. The summed E-state index contributed by atoms with van der Waals surface area (Å²) in [5, 5.41) is 40.2. The molecule has 4 atom stereocenters. The molecule has 0 amide bonds. The molecule has 4 rings (SSSR count). The Morgan fingerprint density at radius 3 is 2.33 bits per heavy atom. The largest absolute Gasteiger partial charge is 0.497 e.